The third kappa shape index (κ3) is 2.71. The summed E-state index contributed by atoms with van der Waals surface area (Å²) in [5.74, 6) is 0.511. The second-order valence-corrected chi connectivity index (χ2v) is 6.15. The number of para-hydroxylation sites is 1. The summed E-state index contributed by atoms with van der Waals surface area (Å²) in [6, 6.07) is 14.5. The number of β-amino-alcohol motifs (C(OH)–C–C–N with tert-alkyl or cyclic N) is 1. The lowest BCUT2D eigenvalue weighted by Gasteiger charge is -2.24. The molecule has 0 spiro atoms. The molecule has 2 aromatic carbocycles. The second-order valence-electron chi connectivity index (χ2n) is 6.15. The third-order valence-electron chi connectivity index (χ3n) is 4.45. The van der Waals surface area contributed by atoms with Crippen LogP contribution in [-0.2, 0) is 4.79 Å². The topological polar surface area (TPSA) is 59.0 Å². The zero-order chi connectivity index (χ0) is 17.3. The first-order chi connectivity index (χ1) is 11.5. The fraction of sp³-hybridized carbons (Fsp3) is 0.316. The van der Waals surface area contributed by atoms with E-state index in [0.717, 1.165) is 11.4 Å². The lowest BCUT2D eigenvalue weighted by Crippen LogP contribution is -2.33. The minimum absolute atomic E-state index is 0.144. The molecule has 0 bridgehead atoms. The van der Waals surface area contributed by atoms with Gasteiger partial charge in [-0.05, 0) is 37.3 Å². The number of hydrogen-bond donors (Lipinski definition) is 1. The van der Waals surface area contributed by atoms with Gasteiger partial charge in [0.1, 0.15) is 11.5 Å². The number of hydrogen-bond acceptors (Lipinski definition) is 4. The molecular weight excluding hydrogens is 306 g/mol. The number of amides is 1. The predicted molar refractivity (Wildman–Crippen MR) is 91.7 cm³/mol. The first kappa shape index (κ1) is 16.3. The Kier molecular flexibility index (Phi) is 4.20. The van der Waals surface area contributed by atoms with Gasteiger partial charge in [-0.1, -0.05) is 18.2 Å². The lowest BCUT2D eigenvalue weighted by molar-refractivity contribution is -0.120. The summed E-state index contributed by atoms with van der Waals surface area (Å²) in [7, 11) is 3.16. The van der Waals surface area contributed by atoms with Crippen LogP contribution in [0.25, 0.3) is 0 Å². The standard InChI is InChI=1S/C19H21NO4/c1-19(22)12-20(13-8-10-14(23-2)11-9-13)18(21)17(19)15-6-4-5-7-16(15)24-3/h4-11,17,22H,12H2,1-3H3/t17-,19+/m0/s1. The molecular formula is C19H21NO4. The van der Waals surface area contributed by atoms with Crippen molar-refractivity contribution in [1.29, 1.82) is 0 Å². The van der Waals surface area contributed by atoms with Crippen LogP contribution >= 0.6 is 0 Å². The van der Waals surface area contributed by atoms with Gasteiger partial charge in [0.15, 0.2) is 0 Å². The summed E-state index contributed by atoms with van der Waals surface area (Å²) in [6.45, 7) is 1.91. The molecule has 5 heteroatoms. The van der Waals surface area contributed by atoms with E-state index in [0.29, 0.717) is 11.3 Å². The number of rotatable bonds is 4. The van der Waals surface area contributed by atoms with Crippen LogP contribution in [0.1, 0.15) is 18.4 Å². The van der Waals surface area contributed by atoms with Gasteiger partial charge in [0.2, 0.25) is 5.91 Å². The van der Waals surface area contributed by atoms with Crippen molar-refractivity contribution in [3.8, 4) is 11.5 Å². The fourth-order valence-corrected chi connectivity index (χ4v) is 3.26. The Morgan fingerprint density at radius 3 is 2.38 bits per heavy atom. The van der Waals surface area contributed by atoms with E-state index in [1.54, 1.807) is 44.2 Å². The van der Waals surface area contributed by atoms with Gasteiger partial charge < -0.3 is 19.5 Å². The van der Waals surface area contributed by atoms with E-state index in [4.69, 9.17) is 9.47 Å². The second kappa shape index (κ2) is 6.17. The quantitative estimate of drug-likeness (QED) is 0.938. The molecule has 24 heavy (non-hydrogen) atoms. The average molecular weight is 327 g/mol. The largest absolute Gasteiger partial charge is 0.497 e. The van der Waals surface area contributed by atoms with Gasteiger partial charge >= 0.3 is 0 Å². The van der Waals surface area contributed by atoms with E-state index < -0.39 is 11.5 Å². The first-order valence-corrected chi connectivity index (χ1v) is 7.78. The monoisotopic (exact) mass is 327 g/mol. The van der Waals surface area contributed by atoms with E-state index in [1.165, 1.54) is 0 Å². The van der Waals surface area contributed by atoms with Crippen LogP contribution in [0.15, 0.2) is 48.5 Å². The molecule has 1 fully saturated rings. The molecule has 0 saturated carbocycles. The maximum atomic E-state index is 13.0. The molecule has 0 aliphatic carbocycles. The molecule has 0 radical (unpaired) electrons. The molecule has 5 nitrogen and oxygen atoms in total. The Hall–Kier alpha value is -2.53. The molecule has 1 aliphatic rings. The van der Waals surface area contributed by atoms with Crippen molar-refractivity contribution >= 4 is 11.6 Å². The van der Waals surface area contributed by atoms with Crippen LogP contribution in [0, 0.1) is 0 Å². The Balaban J connectivity index is 1.98. The molecule has 126 valence electrons. The molecule has 1 heterocycles. The number of benzene rings is 2. The van der Waals surface area contributed by atoms with Crippen molar-refractivity contribution in [3.05, 3.63) is 54.1 Å². The van der Waals surface area contributed by atoms with Gasteiger partial charge in [-0.25, -0.2) is 0 Å². The van der Waals surface area contributed by atoms with Gasteiger partial charge in [0.05, 0.1) is 32.3 Å². The molecule has 0 unspecified atom stereocenters. The van der Waals surface area contributed by atoms with E-state index in [2.05, 4.69) is 0 Å². The number of carbonyl (C=O) groups excluding carboxylic acids is 1. The summed E-state index contributed by atoms with van der Waals surface area (Å²) in [5.41, 5.74) is 0.246. The van der Waals surface area contributed by atoms with Crippen molar-refractivity contribution in [2.24, 2.45) is 0 Å². The Morgan fingerprint density at radius 1 is 1.08 bits per heavy atom. The molecule has 3 rings (SSSR count). The number of nitrogens with zero attached hydrogens (tertiary/aromatic N) is 1. The fourth-order valence-electron chi connectivity index (χ4n) is 3.26. The zero-order valence-electron chi connectivity index (χ0n) is 14.0. The maximum absolute atomic E-state index is 13.0. The average Bonchev–Trinajstić information content (AvgIpc) is 2.84. The van der Waals surface area contributed by atoms with Crippen molar-refractivity contribution in [3.63, 3.8) is 0 Å². The normalized spacial score (nSPS) is 23.4. The van der Waals surface area contributed by atoms with Gasteiger partial charge in [-0.3, -0.25) is 4.79 Å². The molecule has 2 atom stereocenters. The van der Waals surface area contributed by atoms with Gasteiger partial charge in [0, 0.05) is 11.3 Å². The Labute approximate surface area is 141 Å². The maximum Gasteiger partial charge on any atom is 0.237 e. The number of aliphatic hydroxyl groups is 1. The summed E-state index contributed by atoms with van der Waals surface area (Å²) in [6.07, 6.45) is 0. The van der Waals surface area contributed by atoms with E-state index in [9.17, 15) is 9.90 Å². The van der Waals surface area contributed by atoms with Crippen molar-refractivity contribution in [2.75, 3.05) is 25.7 Å². The highest BCUT2D eigenvalue weighted by Crippen LogP contribution is 2.42. The highest BCUT2D eigenvalue weighted by atomic mass is 16.5. The molecule has 1 N–H and O–H groups in total. The molecule has 1 aliphatic heterocycles. The minimum atomic E-state index is -1.19. The summed E-state index contributed by atoms with van der Waals surface area (Å²) >= 11 is 0. The smallest absolute Gasteiger partial charge is 0.237 e. The highest BCUT2D eigenvalue weighted by molar-refractivity contribution is 6.02. The van der Waals surface area contributed by atoms with Crippen molar-refractivity contribution in [2.45, 2.75) is 18.4 Å². The van der Waals surface area contributed by atoms with Crippen LogP contribution < -0.4 is 14.4 Å². The summed E-state index contributed by atoms with van der Waals surface area (Å²) in [4.78, 5) is 14.6. The van der Waals surface area contributed by atoms with E-state index in [1.807, 2.05) is 30.3 Å². The molecule has 1 saturated heterocycles. The number of carbonyl (C=O) groups is 1. The van der Waals surface area contributed by atoms with Crippen LogP contribution in [0.5, 0.6) is 11.5 Å². The van der Waals surface area contributed by atoms with E-state index in [-0.39, 0.29) is 12.5 Å². The summed E-state index contributed by atoms with van der Waals surface area (Å²) in [5, 5.41) is 10.9. The van der Waals surface area contributed by atoms with Crippen LogP contribution in [0.4, 0.5) is 5.69 Å². The number of ether oxygens (including phenoxy) is 2. The number of anilines is 1. The predicted octanol–water partition coefficient (Wildman–Crippen LogP) is 2.59. The first-order valence-electron chi connectivity index (χ1n) is 7.78. The zero-order valence-corrected chi connectivity index (χ0v) is 14.0. The van der Waals surface area contributed by atoms with Crippen molar-refractivity contribution < 1.29 is 19.4 Å². The highest BCUT2D eigenvalue weighted by Gasteiger charge is 2.50. The Bertz CT molecular complexity index is 739. The van der Waals surface area contributed by atoms with Crippen molar-refractivity contribution in [1.82, 2.24) is 0 Å². The van der Waals surface area contributed by atoms with Crippen LogP contribution in [0.2, 0.25) is 0 Å². The molecule has 1 amide bonds. The summed E-state index contributed by atoms with van der Waals surface area (Å²) < 4.78 is 10.5. The minimum Gasteiger partial charge on any atom is -0.497 e. The van der Waals surface area contributed by atoms with E-state index >= 15 is 0 Å². The molecule has 2 aromatic rings. The molecule has 0 aromatic heterocycles. The van der Waals surface area contributed by atoms with Gasteiger partial charge in [-0.2, -0.15) is 0 Å². The third-order valence-corrected chi connectivity index (χ3v) is 4.45. The SMILES string of the molecule is COc1ccc(N2C[C@@](C)(O)[C@@H](c3ccccc3OC)C2=O)cc1. The van der Waals surface area contributed by atoms with Crippen LogP contribution in [-0.4, -0.2) is 37.4 Å². The Morgan fingerprint density at radius 2 is 1.75 bits per heavy atom. The van der Waals surface area contributed by atoms with Crippen LogP contribution in [0.3, 0.4) is 0 Å². The number of methoxy groups -OCH3 is 2. The van der Waals surface area contributed by atoms with Gasteiger partial charge in [0.25, 0.3) is 0 Å². The lowest BCUT2D eigenvalue weighted by atomic mass is 9.85. The van der Waals surface area contributed by atoms with Gasteiger partial charge in [-0.15, -0.1) is 0 Å².